The largest absolute Gasteiger partial charge is 0.343 e. The van der Waals surface area contributed by atoms with E-state index in [0.29, 0.717) is 0 Å². The molecule has 4 nitrogen and oxygen atoms in total. The van der Waals surface area contributed by atoms with Crippen molar-refractivity contribution in [2.24, 2.45) is 0 Å². The molecule has 15 heavy (non-hydrogen) atoms. The Morgan fingerprint density at radius 2 is 1.80 bits per heavy atom. The van der Waals surface area contributed by atoms with Crippen LogP contribution in [0.3, 0.4) is 0 Å². The molecule has 6 heteroatoms. The molecule has 2 heterocycles. The fourth-order valence-corrected chi connectivity index (χ4v) is 2.25. The summed E-state index contributed by atoms with van der Waals surface area (Å²) in [5.41, 5.74) is -0.238. The van der Waals surface area contributed by atoms with Gasteiger partial charge in [-0.2, -0.15) is 0 Å². The lowest BCUT2D eigenvalue weighted by molar-refractivity contribution is -0.141. The minimum atomic E-state index is -0.238. The molecule has 0 aromatic heterocycles. The van der Waals surface area contributed by atoms with Crippen LogP contribution < -0.4 is 10.6 Å². The van der Waals surface area contributed by atoms with Crippen molar-refractivity contribution >= 4 is 30.7 Å². The quantitative estimate of drug-likeness (QED) is 0.642. The Kier molecular flexibility index (Phi) is 5.88. The molecule has 0 aromatic carbocycles. The molecule has 0 aromatic rings. The van der Waals surface area contributed by atoms with Gasteiger partial charge in [-0.3, -0.25) is 4.79 Å². The Hall–Kier alpha value is -0.0300. The Bertz CT molecular complexity index is 214. The maximum Gasteiger partial charge on any atom is 0.242 e. The van der Waals surface area contributed by atoms with Gasteiger partial charge in [0.15, 0.2) is 0 Å². The van der Waals surface area contributed by atoms with Crippen LogP contribution in [0, 0.1) is 0 Å². The molecule has 2 saturated heterocycles. The van der Waals surface area contributed by atoms with E-state index in [1.54, 1.807) is 0 Å². The molecular weight excluding hydrogens is 237 g/mol. The van der Waals surface area contributed by atoms with Gasteiger partial charge in [-0.15, -0.1) is 24.8 Å². The maximum absolute atomic E-state index is 11.9. The molecule has 2 aliphatic heterocycles. The lowest BCUT2D eigenvalue weighted by Gasteiger charge is -2.43. The Morgan fingerprint density at radius 3 is 2.40 bits per heavy atom. The van der Waals surface area contributed by atoms with Crippen LogP contribution in [0.5, 0.6) is 0 Å². The van der Waals surface area contributed by atoms with E-state index in [1.165, 1.54) is 0 Å². The van der Waals surface area contributed by atoms with E-state index in [9.17, 15) is 4.79 Å². The van der Waals surface area contributed by atoms with Crippen molar-refractivity contribution in [1.82, 2.24) is 15.5 Å². The van der Waals surface area contributed by atoms with E-state index in [4.69, 9.17) is 0 Å². The number of amides is 1. The van der Waals surface area contributed by atoms with Gasteiger partial charge in [-0.05, 0) is 25.9 Å². The van der Waals surface area contributed by atoms with Gasteiger partial charge in [0.1, 0.15) is 5.54 Å². The molecule has 1 spiro atoms. The normalized spacial score (nSPS) is 24.3. The molecule has 2 rings (SSSR count). The summed E-state index contributed by atoms with van der Waals surface area (Å²) in [5, 5.41) is 6.66. The first-order valence-corrected chi connectivity index (χ1v) is 4.96. The Labute approximate surface area is 103 Å². The third-order valence-electron chi connectivity index (χ3n) is 3.12. The van der Waals surface area contributed by atoms with Crippen LogP contribution in [-0.4, -0.2) is 49.6 Å². The predicted octanol–water partition coefficient (Wildman–Crippen LogP) is 0.0138. The highest BCUT2D eigenvalue weighted by molar-refractivity contribution is 5.87. The zero-order valence-electron chi connectivity index (χ0n) is 8.91. The average molecular weight is 256 g/mol. The fraction of sp³-hybridized carbons (Fsp3) is 0.889. The highest BCUT2D eigenvalue weighted by Gasteiger charge is 2.42. The zero-order valence-corrected chi connectivity index (χ0v) is 10.5. The van der Waals surface area contributed by atoms with Crippen LogP contribution in [0.2, 0.25) is 0 Å². The number of carbonyl (C=O) groups excluding carboxylic acids is 1. The van der Waals surface area contributed by atoms with Gasteiger partial charge in [0.05, 0.1) is 0 Å². The molecule has 0 radical (unpaired) electrons. The standard InChI is InChI=1S/C9H17N3O.2ClH/c1-12-7-6-11-9(8(12)13)2-4-10-5-3-9;;/h10-11H,2-7H2,1H3;2*1H. The fourth-order valence-electron chi connectivity index (χ4n) is 2.25. The van der Waals surface area contributed by atoms with Crippen LogP contribution in [0.25, 0.3) is 0 Å². The van der Waals surface area contributed by atoms with Crippen molar-refractivity contribution in [2.75, 3.05) is 33.2 Å². The first-order chi connectivity index (χ1) is 6.25. The van der Waals surface area contributed by atoms with Crippen LogP contribution in [0.1, 0.15) is 12.8 Å². The molecule has 0 aliphatic carbocycles. The zero-order chi connectivity index (χ0) is 9.31. The second-order valence-electron chi connectivity index (χ2n) is 3.99. The van der Waals surface area contributed by atoms with Gasteiger partial charge >= 0.3 is 0 Å². The van der Waals surface area contributed by atoms with Crippen LogP contribution in [0.15, 0.2) is 0 Å². The molecule has 0 unspecified atom stereocenters. The molecule has 0 atom stereocenters. The Balaban J connectivity index is 0.000000980. The summed E-state index contributed by atoms with van der Waals surface area (Å²) in [7, 11) is 1.90. The first-order valence-electron chi connectivity index (χ1n) is 4.96. The minimum Gasteiger partial charge on any atom is -0.343 e. The topological polar surface area (TPSA) is 44.4 Å². The lowest BCUT2D eigenvalue weighted by atomic mass is 9.85. The smallest absolute Gasteiger partial charge is 0.242 e. The minimum absolute atomic E-state index is 0. The highest BCUT2D eigenvalue weighted by Crippen LogP contribution is 2.22. The number of rotatable bonds is 0. The van der Waals surface area contributed by atoms with Crippen LogP contribution in [0.4, 0.5) is 0 Å². The molecule has 2 N–H and O–H groups in total. The average Bonchev–Trinajstić information content (AvgIpc) is 2.16. The van der Waals surface area contributed by atoms with Crippen molar-refractivity contribution in [3.63, 3.8) is 0 Å². The van der Waals surface area contributed by atoms with Gasteiger partial charge < -0.3 is 15.5 Å². The molecule has 2 aliphatic rings. The van der Waals surface area contributed by atoms with E-state index in [2.05, 4.69) is 10.6 Å². The van der Waals surface area contributed by atoms with E-state index < -0.39 is 0 Å². The van der Waals surface area contributed by atoms with Crippen molar-refractivity contribution in [3.8, 4) is 0 Å². The van der Waals surface area contributed by atoms with Crippen molar-refractivity contribution in [1.29, 1.82) is 0 Å². The van der Waals surface area contributed by atoms with Crippen molar-refractivity contribution in [3.05, 3.63) is 0 Å². The summed E-state index contributed by atoms with van der Waals surface area (Å²) in [6, 6.07) is 0. The third-order valence-corrected chi connectivity index (χ3v) is 3.12. The second kappa shape index (κ2) is 5.89. The highest BCUT2D eigenvalue weighted by atomic mass is 35.5. The van der Waals surface area contributed by atoms with Gasteiger partial charge in [-0.1, -0.05) is 0 Å². The molecule has 0 saturated carbocycles. The second-order valence-corrected chi connectivity index (χ2v) is 3.99. The first kappa shape index (κ1) is 15.0. The van der Waals surface area contributed by atoms with Gasteiger partial charge in [0.25, 0.3) is 0 Å². The van der Waals surface area contributed by atoms with Crippen LogP contribution in [-0.2, 0) is 4.79 Å². The number of nitrogens with one attached hydrogen (secondary N) is 2. The monoisotopic (exact) mass is 255 g/mol. The number of nitrogens with zero attached hydrogens (tertiary/aromatic N) is 1. The molecule has 2 fully saturated rings. The number of hydrogen-bond acceptors (Lipinski definition) is 3. The van der Waals surface area contributed by atoms with E-state index in [1.807, 2.05) is 11.9 Å². The number of carbonyl (C=O) groups is 1. The summed E-state index contributed by atoms with van der Waals surface area (Å²) in [6.45, 7) is 3.68. The number of halogens is 2. The SMILES string of the molecule is CN1CCNC2(CCNCC2)C1=O.Cl.Cl. The molecule has 0 bridgehead atoms. The molecule has 90 valence electrons. The number of piperazine rings is 1. The lowest BCUT2D eigenvalue weighted by Crippen LogP contribution is -2.66. The number of likely N-dealkylation sites (N-methyl/N-ethyl adjacent to an activating group) is 1. The van der Waals surface area contributed by atoms with Crippen LogP contribution >= 0.6 is 24.8 Å². The molecule has 1 amide bonds. The Morgan fingerprint density at radius 1 is 1.20 bits per heavy atom. The maximum atomic E-state index is 11.9. The summed E-state index contributed by atoms with van der Waals surface area (Å²) in [5.74, 6) is 0.278. The summed E-state index contributed by atoms with van der Waals surface area (Å²) in [6.07, 6.45) is 1.85. The number of hydrogen-bond donors (Lipinski definition) is 2. The van der Waals surface area contributed by atoms with Gasteiger partial charge in [0, 0.05) is 20.1 Å². The summed E-state index contributed by atoms with van der Waals surface area (Å²) < 4.78 is 0. The summed E-state index contributed by atoms with van der Waals surface area (Å²) >= 11 is 0. The third kappa shape index (κ3) is 2.75. The predicted molar refractivity (Wildman–Crippen MR) is 65.0 cm³/mol. The van der Waals surface area contributed by atoms with Crippen molar-refractivity contribution < 1.29 is 4.79 Å². The van der Waals surface area contributed by atoms with E-state index >= 15 is 0 Å². The van der Waals surface area contributed by atoms with E-state index in [0.717, 1.165) is 39.0 Å². The van der Waals surface area contributed by atoms with Gasteiger partial charge in [0.2, 0.25) is 5.91 Å². The number of piperidine rings is 1. The molecular formula is C9H19Cl2N3O. The van der Waals surface area contributed by atoms with Crippen molar-refractivity contribution in [2.45, 2.75) is 18.4 Å². The van der Waals surface area contributed by atoms with Gasteiger partial charge in [-0.25, -0.2) is 0 Å². The van der Waals surface area contributed by atoms with E-state index in [-0.39, 0.29) is 36.3 Å². The summed E-state index contributed by atoms with van der Waals surface area (Å²) in [4.78, 5) is 13.8.